The number of ether oxygens (including phenoxy) is 3. The van der Waals surface area contributed by atoms with E-state index in [9.17, 15) is 14.4 Å². The van der Waals surface area contributed by atoms with Crippen LogP contribution in [0.15, 0.2) is 11.0 Å². The van der Waals surface area contributed by atoms with Crippen LogP contribution in [0.5, 0.6) is 5.75 Å². The number of nitrogens with zero attached hydrogens (tertiary/aromatic N) is 1. The molecule has 0 radical (unpaired) electrons. The van der Waals surface area contributed by atoms with E-state index < -0.39 is 11.4 Å². The van der Waals surface area contributed by atoms with Crippen LogP contribution in [-0.4, -0.2) is 49.9 Å². The Balaban J connectivity index is 2.19. The lowest BCUT2D eigenvalue weighted by Crippen LogP contribution is -2.50. The Kier molecular flexibility index (Phi) is 4.57. The van der Waals surface area contributed by atoms with E-state index >= 15 is 0 Å². The van der Waals surface area contributed by atoms with E-state index in [-0.39, 0.29) is 35.0 Å². The number of pyridine rings is 1. The fourth-order valence-corrected chi connectivity index (χ4v) is 3.38. The smallest absolute Gasteiger partial charge is 0.343 e. The highest BCUT2D eigenvalue weighted by molar-refractivity contribution is 5.98. The highest BCUT2D eigenvalue weighted by Crippen LogP contribution is 2.31. The van der Waals surface area contributed by atoms with E-state index in [0.717, 1.165) is 12.8 Å². The van der Waals surface area contributed by atoms with E-state index in [1.165, 1.54) is 20.4 Å². The van der Waals surface area contributed by atoms with Crippen LogP contribution in [0.2, 0.25) is 0 Å². The number of aromatic nitrogens is 1. The van der Waals surface area contributed by atoms with Gasteiger partial charge in [0.2, 0.25) is 5.43 Å². The Morgan fingerprint density at radius 3 is 2.79 bits per heavy atom. The molecule has 1 N–H and O–H groups in total. The number of amides is 1. The van der Waals surface area contributed by atoms with Crippen molar-refractivity contribution in [1.82, 2.24) is 9.88 Å². The molecule has 2 aliphatic heterocycles. The molecule has 0 bridgehead atoms. The van der Waals surface area contributed by atoms with Crippen LogP contribution in [0.3, 0.4) is 0 Å². The summed E-state index contributed by atoms with van der Waals surface area (Å²) < 4.78 is 17.0. The first-order valence-corrected chi connectivity index (χ1v) is 7.88. The Morgan fingerprint density at radius 1 is 1.29 bits per heavy atom. The molecule has 1 saturated heterocycles. The van der Waals surface area contributed by atoms with Gasteiger partial charge in [-0.25, -0.2) is 4.79 Å². The topological polar surface area (TPSA) is 95.9 Å². The molecule has 0 unspecified atom stereocenters. The molecule has 0 aromatic carbocycles. The number of methoxy groups -OCH3 is 2. The number of hydrogen-bond donors (Lipinski definition) is 1. The molecule has 1 amide bonds. The first-order valence-electron chi connectivity index (χ1n) is 7.88. The summed E-state index contributed by atoms with van der Waals surface area (Å²) in [4.78, 5) is 36.9. The quantitative estimate of drug-likeness (QED) is 0.790. The van der Waals surface area contributed by atoms with Gasteiger partial charge in [0.1, 0.15) is 5.56 Å². The maximum atomic E-state index is 12.5. The minimum absolute atomic E-state index is 0.0772. The third-order valence-corrected chi connectivity index (χ3v) is 4.52. The Labute approximate surface area is 138 Å². The van der Waals surface area contributed by atoms with Crippen LogP contribution in [0, 0.1) is 0 Å². The maximum Gasteiger partial charge on any atom is 0.343 e. The number of rotatable bonds is 2. The molecule has 8 heteroatoms. The monoisotopic (exact) mass is 336 g/mol. The van der Waals surface area contributed by atoms with Gasteiger partial charge in [-0.15, -0.1) is 0 Å². The predicted octanol–water partition coefficient (Wildman–Crippen LogP) is 0.497. The number of hydrogen-bond acceptors (Lipinski definition) is 6. The van der Waals surface area contributed by atoms with Gasteiger partial charge in [-0.3, -0.25) is 9.59 Å². The molecule has 1 aromatic rings. The standard InChI is InChI=1S/C16H20N2O6/c1-22-14-12-15(20)17-10-4-3-6-24-7-5-11(10)18(12)8-9(13(14)19)16(21)23-2/h8,10-11H,3-7H2,1-2H3,(H,17,20)/t10-,11-/m1/s1. The largest absolute Gasteiger partial charge is 0.491 e. The first-order chi connectivity index (χ1) is 11.6. The molecule has 1 fully saturated rings. The number of nitrogens with one attached hydrogen (secondary N) is 1. The zero-order valence-corrected chi connectivity index (χ0v) is 13.7. The van der Waals surface area contributed by atoms with Crippen LogP contribution in [0.4, 0.5) is 0 Å². The third kappa shape index (κ3) is 2.66. The molecule has 3 heterocycles. The molecule has 0 spiro atoms. The second-order valence-corrected chi connectivity index (χ2v) is 5.84. The number of esters is 1. The van der Waals surface area contributed by atoms with Crippen LogP contribution >= 0.6 is 0 Å². The Bertz CT molecular complexity index is 726. The average molecular weight is 336 g/mol. The van der Waals surface area contributed by atoms with Gasteiger partial charge in [0.25, 0.3) is 5.91 Å². The lowest BCUT2D eigenvalue weighted by Gasteiger charge is -2.38. The van der Waals surface area contributed by atoms with Crippen molar-refractivity contribution >= 4 is 11.9 Å². The highest BCUT2D eigenvalue weighted by atomic mass is 16.5. The van der Waals surface area contributed by atoms with Crippen molar-refractivity contribution in [2.75, 3.05) is 27.4 Å². The molecular weight excluding hydrogens is 316 g/mol. The summed E-state index contributed by atoms with van der Waals surface area (Å²) in [5.74, 6) is -1.27. The maximum absolute atomic E-state index is 12.5. The summed E-state index contributed by atoms with van der Waals surface area (Å²) in [7, 11) is 2.51. The van der Waals surface area contributed by atoms with Gasteiger partial charge in [-0.2, -0.15) is 0 Å². The van der Waals surface area contributed by atoms with E-state index in [1.54, 1.807) is 4.57 Å². The van der Waals surface area contributed by atoms with Gasteiger partial charge in [-0.1, -0.05) is 0 Å². The molecule has 2 aliphatic rings. The van der Waals surface area contributed by atoms with Gasteiger partial charge in [0.15, 0.2) is 11.4 Å². The van der Waals surface area contributed by atoms with Crippen LogP contribution in [0.25, 0.3) is 0 Å². The van der Waals surface area contributed by atoms with Gasteiger partial charge in [0, 0.05) is 19.4 Å². The van der Waals surface area contributed by atoms with Crippen LogP contribution in [-0.2, 0) is 9.47 Å². The molecule has 24 heavy (non-hydrogen) atoms. The van der Waals surface area contributed by atoms with Crippen LogP contribution in [0.1, 0.15) is 46.2 Å². The third-order valence-electron chi connectivity index (χ3n) is 4.52. The van der Waals surface area contributed by atoms with Crippen molar-refractivity contribution in [2.45, 2.75) is 31.3 Å². The zero-order valence-electron chi connectivity index (χ0n) is 13.7. The molecular formula is C16H20N2O6. The molecule has 0 saturated carbocycles. The lowest BCUT2D eigenvalue weighted by molar-refractivity contribution is 0.0589. The van der Waals surface area contributed by atoms with Crippen molar-refractivity contribution in [2.24, 2.45) is 0 Å². The van der Waals surface area contributed by atoms with Crippen LogP contribution < -0.4 is 15.5 Å². The second kappa shape index (κ2) is 6.64. The second-order valence-electron chi connectivity index (χ2n) is 5.84. The fourth-order valence-electron chi connectivity index (χ4n) is 3.38. The molecule has 1 aromatic heterocycles. The molecule has 0 aliphatic carbocycles. The van der Waals surface area contributed by atoms with Gasteiger partial charge >= 0.3 is 5.97 Å². The summed E-state index contributed by atoms with van der Waals surface area (Å²) in [6.45, 7) is 1.20. The summed E-state index contributed by atoms with van der Waals surface area (Å²) >= 11 is 0. The predicted molar refractivity (Wildman–Crippen MR) is 83.6 cm³/mol. The van der Waals surface area contributed by atoms with E-state index in [4.69, 9.17) is 9.47 Å². The average Bonchev–Trinajstić information content (AvgIpc) is 2.55. The minimum Gasteiger partial charge on any atom is -0.491 e. The summed E-state index contributed by atoms with van der Waals surface area (Å²) in [5, 5.41) is 2.96. The van der Waals surface area contributed by atoms with Crippen molar-refractivity contribution in [3.05, 3.63) is 27.7 Å². The lowest BCUT2D eigenvalue weighted by atomic mass is 9.95. The van der Waals surface area contributed by atoms with Gasteiger partial charge in [0.05, 0.1) is 26.3 Å². The van der Waals surface area contributed by atoms with Crippen molar-refractivity contribution in [3.63, 3.8) is 0 Å². The number of carbonyl (C=O) groups excluding carboxylic acids is 2. The van der Waals surface area contributed by atoms with Gasteiger partial charge in [-0.05, 0) is 19.3 Å². The van der Waals surface area contributed by atoms with Crippen molar-refractivity contribution < 1.29 is 23.8 Å². The Morgan fingerprint density at radius 2 is 2.08 bits per heavy atom. The van der Waals surface area contributed by atoms with E-state index in [1.807, 2.05) is 0 Å². The molecule has 130 valence electrons. The fraction of sp³-hybridized carbons (Fsp3) is 0.562. The normalized spacial score (nSPS) is 23.2. The Hall–Kier alpha value is -2.35. The summed E-state index contributed by atoms with van der Waals surface area (Å²) in [5.41, 5.74) is -0.655. The number of carbonyl (C=O) groups is 2. The van der Waals surface area contributed by atoms with Crippen molar-refractivity contribution in [3.8, 4) is 5.75 Å². The van der Waals surface area contributed by atoms with E-state index in [0.29, 0.717) is 19.6 Å². The summed E-state index contributed by atoms with van der Waals surface area (Å²) in [6, 6.07) is -0.192. The molecule has 8 nitrogen and oxygen atoms in total. The first kappa shape index (κ1) is 16.5. The molecule has 2 atom stereocenters. The highest BCUT2D eigenvalue weighted by Gasteiger charge is 2.37. The zero-order chi connectivity index (χ0) is 17.3. The van der Waals surface area contributed by atoms with Crippen molar-refractivity contribution in [1.29, 1.82) is 0 Å². The SMILES string of the molecule is COC(=O)c1cn2c(c(OC)c1=O)C(=O)N[C@@H]1CCCOCC[C@H]12. The van der Waals surface area contributed by atoms with E-state index in [2.05, 4.69) is 10.1 Å². The minimum atomic E-state index is -0.752. The summed E-state index contributed by atoms with van der Waals surface area (Å²) in [6.07, 6.45) is 3.66. The molecule has 3 rings (SSSR count). The van der Waals surface area contributed by atoms with Gasteiger partial charge < -0.3 is 24.1 Å². The number of fused-ring (bicyclic) bond motifs is 3.